The number of likely N-dealkylation sites (tertiary alicyclic amines) is 1. The minimum Gasteiger partial charge on any atom is -0.394 e. The lowest BCUT2D eigenvalue weighted by molar-refractivity contribution is -0.150. The Morgan fingerprint density at radius 1 is 1.22 bits per heavy atom. The standard InChI is InChI=1S/C29H43N3O5/c1-8-13-30-25(34)21-22-27(36)32(20(15-33)16(3)9-2)24(29(22)14-19(6)28(21,7)37-29)26(35)31-23-17(4)11-10-12-18(23)5/h10-12,16,19-22,24,33H,8-9,13-15H2,1-7H3,(H,30,34)(H,31,35)/t16-,19?,20-,21-,22-,24?,28+,29?/m0/s1. The number of fused-ring (bicyclic) bond motifs is 1. The summed E-state index contributed by atoms with van der Waals surface area (Å²) in [7, 11) is 0. The van der Waals surface area contributed by atoms with Crippen LogP contribution in [0.4, 0.5) is 5.69 Å². The molecule has 3 saturated heterocycles. The minimum absolute atomic E-state index is 0.0273. The Kier molecular flexibility index (Phi) is 7.47. The van der Waals surface area contributed by atoms with E-state index in [1.54, 1.807) is 4.90 Å². The number of nitrogens with zero attached hydrogens (tertiary/aromatic N) is 1. The molecule has 1 aromatic carbocycles. The molecule has 3 amide bonds. The van der Waals surface area contributed by atoms with Crippen molar-refractivity contribution < 1.29 is 24.2 Å². The zero-order chi connectivity index (χ0) is 27.3. The fraction of sp³-hybridized carbons (Fsp3) is 0.690. The summed E-state index contributed by atoms with van der Waals surface area (Å²) in [5.41, 5.74) is 0.571. The van der Waals surface area contributed by atoms with Crippen LogP contribution in [0, 0.1) is 37.5 Å². The maximum atomic E-state index is 14.3. The summed E-state index contributed by atoms with van der Waals surface area (Å²) in [6, 6.07) is 4.30. The first-order valence-electron chi connectivity index (χ1n) is 13.8. The van der Waals surface area contributed by atoms with Crippen LogP contribution in [0.1, 0.15) is 65.0 Å². The number of hydrogen-bond donors (Lipinski definition) is 3. The highest BCUT2D eigenvalue weighted by Crippen LogP contribution is 2.65. The summed E-state index contributed by atoms with van der Waals surface area (Å²) in [6.45, 7) is 14.0. The van der Waals surface area contributed by atoms with Crippen LogP contribution in [0.5, 0.6) is 0 Å². The topological polar surface area (TPSA) is 108 Å². The summed E-state index contributed by atoms with van der Waals surface area (Å²) in [5, 5.41) is 16.6. The highest BCUT2D eigenvalue weighted by Gasteiger charge is 2.80. The van der Waals surface area contributed by atoms with Crippen molar-refractivity contribution in [3.05, 3.63) is 29.3 Å². The fourth-order valence-corrected chi connectivity index (χ4v) is 7.11. The van der Waals surface area contributed by atoms with Crippen molar-refractivity contribution in [2.24, 2.45) is 23.7 Å². The van der Waals surface area contributed by atoms with Crippen molar-refractivity contribution in [3.63, 3.8) is 0 Å². The molecule has 8 nitrogen and oxygen atoms in total. The van der Waals surface area contributed by atoms with Crippen LogP contribution in [0.15, 0.2) is 18.2 Å². The Bertz CT molecular complexity index is 1060. The second-order valence-electron chi connectivity index (χ2n) is 11.6. The summed E-state index contributed by atoms with van der Waals surface area (Å²) in [6.07, 6.45) is 2.01. The summed E-state index contributed by atoms with van der Waals surface area (Å²) < 4.78 is 6.77. The maximum absolute atomic E-state index is 14.3. The number of benzene rings is 1. The molecule has 0 saturated carbocycles. The molecule has 8 heteroatoms. The van der Waals surface area contributed by atoms with Gasteiger partial charge in [-0.2, -0.15) is 0 Å². The Hall–Kier alpha value is -2.45. The van der Waals surface area contributed by atoms with E-state index in [-0.39, 0.29) is 36.2 Å². The van der Waals surface area contributed by atoms with E-state index in [2.05, 4.69) is 10.6 Å². The van der Waals surface area contributed by atoms with Gasteiger partial charge in [-0.3, -0.25) is 14.4 Å². The number of amides is 3. The van der Waals surface area contributed by atoms with Gasteiger partial charge < -0.3 is 25.4 Å². The predicted octanol–water partition coefficient (Wildman–Crippen LogP) is 3.19. The average molecular weight is 514 g/mol. The molecule has 3 N–H and O–H groups in total. The van der Waals surface area contributed by atoms with Gasteiger partial charge >= 0.3 is 0 Å². The normalized spacial score (nSPS) is 33.8. The largest absolute Gasteiger partial charge is 0.394 e. The van der Waals surface area contributed by atoms with E-state index < -0.39 is 35.1 Å². The first-order chi connectivity index (χ1) is 17.5. The molecule has 3 unspecified atom stereocenters. The molecule has 204 valence electrons. The quantitative estimate of drug-likeness (QED) is 0.470. The number of aryl methyl sites for hydroxylation is 2. The Labute approximate surface area is 220 Å². The van der Waals surface area contributed by atoms with E-state index in [1.807, 2.05) is 66.7 Å². The molecule has 0 radical (unpaired) electrons. The van der Waals surface area contributed by atoms with Crippen LogP contribution in [-0.2, 0) is 19.1 Å². The molecule has 3 heterocycles. The van der Waals surface area contributed by atoms with Crippen molar-refractivity contribution >= 4 is 23.4 Å². The van der Waals surface area contributed by atoms with E-state index in [0.29, 0.717) is 18.7 Å². The van der Waals surface area contributed by atoms with Gasteiger partial charge in [-0.05, 0) is 56.6 Å². The Morgan fingerprint density at radius 2 is 1.86 bits per heavy atom. The zero-order valence-electron chi connectivity index (χ0n) is 23.3. The van der Waals surface area contributed by atoms with Gasteiger partial charge in [0.05, 0.1) is 30.1 Å². The predicted molar refractivity (Wildman–Crippen MR) is 142 cm³/mol. The molecular weight excluding hydrogens is 470 g/mol. The van der Waals surface area contributed by atoms with E-state index in [4.69, 9.17) is 4.74 Å². The number of carbonyl (C=O) groups excluding carboxylic acids is 3. The first-order valence-corrected chi connectivity index (χ1v) is 13.8. The molecule has 4 rings (SSSR count). The van der Waals surface area contributed by atoms with Gasteiger partial charge in [0.15, 0.2) is 0 Å². The van der Waals surface area contributed by atoms with Gasteiger partial charge in [0.1, 0.15) is 11.6 Å². The van der Waals surface area contributed by atoms with E-state index in [0.717, 1.165) is 24.0 Å². The lowest BCUT2D eigenvalue weighted by Crippen LogP contribution is -2.57. The highest BCUT2D eigenvalue weighted by atomic mass is 16.5. The summed E-state index contributed by atoms with van der Waals surface area (Å²) in [5.74, 6) is -2.35. The van der Waals surface area contributed by atoms with Gasteiger partial charge in [0.2, 0.25) is 17.7 Å². The summed E-state index contributed by atoms with van der Waals surface area (Å²) >= 11 is 0. The molecule has 37 heavy (non-hydrogen) atoms. The number of carbonyl (C=O) groups is 3. The average Bonchev–Trinajstić information content (AvgIpc) is 3.37. The van der Waals surface area contributed by atoms with Gasteiger partial charge in [-0.15, -0.1) is 0 Å². The lowest BCUT2D eigenvalue weighted by Gasteiger charge is -2.39. The van der Waals surface area contributed by atoms with Crippen LogP contribution in [0.3, 0.4) is 0 Å². The molecule has 0 aliphatic carbocycles. The molecule has 1 spiro atoms. The number of para-hydroxylation sites is 1. The van der Waals surface area contributed by atoms with Gasteiger partial charge in [-0.1, -0.05) is 52.3 Å². The number of aliphatic hydroxyl groups excluding tert-OH is 1. The first kappa shape index (κ1) is 27.6. The van der Waals surface area contributed by atoms with Crippen LogP contribution >= 0.6 is 0 Å². The third-order valence-electron chi connectivity index (χ3n) is 9.41. The lowest BCUT2D eigenvalue weighted by atomic mass is 9.62. The number of aliphatic hydroxyl groups is 1. The Morgan fingerprint density at radius 3 is 2.43 bits per heavy atom. The maximum Gasteiger partial charge on any atom is 0.250 e. The van der Waals surface area contributed by atoms with Crippen molar-refractivity contribution in [1.82, 2.24) is 10.2 Å². The third kappa shape index (κ3) is 4.07. The van der Waals surface area contributed by atoms with Crippen molar-refractivity contribution in [1.29, 1.82) is 0 Å². The monoisotopic (exact) mass is 513 g/mol. The number of anilines is 1. The Balaban J connectivity index is 1.84. The smallest absolute Gasteiger partial charge is 0.250 e. The second kappa shape index (κ2) is 10.0. The molecule has 3 aliphatic heterocycles. The molecule has 3 fully saturated rings. The second-order valence-corrected chi connectivity index (χ2v) is 11.6. The van der Waals surface area contributed by atoms with Gasteiger partial charge in [0.25, 0.3) is 0 Å². The van der Waals surface area contributed by atoms with Crippen molar-refractivity contribution in [3.8, 4) is 0 Å². The molecule has 3 aliphatic rings. The highest BCUT2D eigenvalue weighted by molar-refractivity contribution is 6.04. The number of nitrogens with one attached hydrogen (secondary N) is 2. The number of ether oxygens (including phenoxy) is 1. The number of hydrogen-bond acceptors (Lipinski definition) is 5. The zero-order valence-corrected chi connectivity index (χ0v) is 23.3. The van der Waals surface area contributed by atoms with Crippen molar-refractivity contribution in [2.75, 3.05) is 18.5 Å². The molecule has 8 atom stereocenters. The van der Waals surface area contributed by atoms with Crippen molar-refractivity contribution in [2.45, 2.75) is 91.0 Å². The van der Waals surface area contributed by atoms with Crippen LogP contribution in [-0.4, -0.2) is 64.2 Å². The molecule has 2 bridgehead atoms. The SMILES string of the molecule is CCCNC(=O)[C@@H]1[C@H]2C(=O)N([C@@H](CO)[C@@H](C)CC)C(C(=O)Nc3c(C)cccc3C)C23CC(C)[C@@]1(C)O3. The minimum atomic E-state index is -1.14. The number of rotatable bonds is 9. The van der Waals surface area contributed by atoms with Gasteiger partial charge in [-0.25, -0.2) is 0 Å². The van der Waals surface area contributed by atoms with Crippen LogP contribution in [0.2, 0.25) is 0 Å². The van der Waals surface area contributed by atoms with E-state index in [1.165, 1.54) is 0 Å². The summed E-state index contributed by atoms with van der Waals surface area (Å²) in [4.78, 5) is 43.6. The van der Waals surface area contributed by atoms with Crippen LogP contribution < -0.4 is 10.6 Å². The van der Waals surface area contributed by atoms with Gasteiger partial charge in [0, 0.05) is 12.2 Å². The fourth-order valence-electron chi connectivity index (χ4n) is 7.11. The molecule has 1 aromatic rings. The van der Waals surface area contributed by atoms with E-state index in [9.17, 15) is 19.5 Å². The van der Waals surface area contributed by atoms with E-state index >= 15 is 0 Å². The van der Waals surface area contributed by atoms with Crippen LogP contribution in [0.25, 0.3) is 0 Å². The molecular formula is C29H43N3O5. The molecule has 0 aromatic heterocycles. The third-order valence-corrected chi connectivity index (χ3v) is 9.41.